The smallest absolute Gasteiger partial charge is 0.252 e. The number of rotatable bonds is 5. The number of hydrogen-bond donors (Lipinski definition) is 1. The zero-order valence-corrected chi connectivity index (χ0v) is 10.2. The van der Waals surface area contributed by atoms with Crippen molar-refractivity contribution < 1.29 is 14.3 Å². The van der Waals surface area contributed by atoms with Gasteiger partial charge < -0.3 is 10.5 Å². The average Bonchev–Trinajstić information content (AvgIpc) is 2.46. The maximum Gasteiger partial charge on any atom is 0.252 e. The van der Waals surface area contributed by atoms with Crippen molar-refractivity contribution in [3.8, 4) is 5.75 Å². The highest BCUT2D eigenvalue weighted by molar-refractivity contribution is 5.97. The summed E-state index contributed by atoms with van der Waals surface area (Å²) in [6, 6.07) is 14.2. The molecule has 0 bridgehead atoms. The molecule has 0 fully saturated rings. The van der Waals surface area contributed by atoms with E-state index in [2.05, 4.69) is 0 Å². The Bertz CT molecular complexity index is 594. The van der Waals surface area contributed by atoms with Crippen LogP contribution < -0.4 is 10.5 Å². The molecule has 0 saturated carbocycles. The van der Waals surface area contributed by atoms with Gasteiger partial charge in [0.25, 0.3) is 5.91 Å². The van der Waals surface area contributed by atoms with Gasteiger partial charge in [-0.3, -0.25) is 9.59 Å². The highest BCUT2D eigenvalue weighted by atomic mass is 16.5. The van der Waals surface area contributed by atoms with Crippen LogP contribution in [0, 0.1) is 0 Å². The van der Waals surface area contributed by atoms with Gasteiger partial charge in [-0.15, -0.1) is 0 Å². The van der Waals surface area contributed by atoms with Crippen molar-refractivity contribution in [2.45, 2.75) is 6.61 Å². The molecule has 0 aliphatic carbocycles. The van der Waals surface area contributed by atoms with Crippen LogP contribution in [0.15, 0.2) is 48.5 Å². The van der Waals surface area contributed by atoms with E-state index < -0.39 is 5.91 Å². The molecule has 4 nitrogen and oxygen atoms in total. The van der Waals surface area contributed by atoms with E-state index in [0.717, 1.165) is 5.56 Å². The molecule has 1 amide bonds. The molecule has 2 rings (SSSR count). The van der Waals surface area contributed by atoms with Crippen LogP contribution in [-0.4, -0.2) is 12.2 Å². The molecule has 0 aromatic heterocycles. The first-order valence-corrected chi connectivity index (χ1v) is 5.76. The predicted octanol–water partition coefficient (Wildman–Crippen LogP) is 2.18. The number of benzene rings is 2. The monoisotopic (exact) mass is 255 g/mol. The molecular weight excluding hydrogens is 242 g/mol. The summed E-state index contributed by atoms with van der Waals surface area (Å²) in [7, 11) is 0. The lowest BCUT2D eigenvalue weighted by Crippen LogP contribution is -2.13. The maximum atomic E-state index is 11.3. The Morgan fingerprint density at radius 1 is 1.16 bits per heavy atom. The van der Waals surface area contributed by atoms with Crippen LogP contribution in [0.5, 0.6) is 5.75 Å². The Morgan fingerprint density at radius 3 is 2.53 bits per heavy atom. The van der Waals surface area contributed by atoms with Crippen LogP contribution in [-0.2, 0) is 6.61 Å². The topological polar surface area (TPSA) is 69.4 Å². The Balaban J connectivity index is 2.20. The molecule has 0 saturated heterocycles. The molecule has 0 atom stereocenters. The van der Waals surface area contributed by atoms with E-state index in [4.69, 9.17) is 10.5 Å². The van der Waals surface area contributed by atoms with Gasteiger partial charge in [-0.05, 0) is 23.8 Å². The van der Waals surface area contributed by atoms with E-state index in [1.807, 2.05) is 30.3 Å². The molecular formula is C15H13NO3. The van der Waals surface area contributed by atoms with Crippen molar-refractivity contribution in [3.63, 3.8) is 0 Å². The van der Waals surface area contributed by atoms with Gasteiger partial charge in [0.15, 0.2) is 0 Å². The Hall–Kier alpha value is -2.62. The van der Waals surface area contributed by atoms with Crippen molar-refractivity contribution in [1.82, 2.24) is 0 Å². The fourth-order valence-electron chi connectivity index (χ4n) is 1.67. The van der Waals surface area contributed by atoms with Crippen molar-refractivity contribution in [1.29, 1.82) is 0 Å². The summed E-state index contributed by atoms with van der Waals surface area (Å²) in [5.74, 6) is -0.242. The molecule has 2 aromatic rings. The third-order valence-corrected chi connectivity index (χ3v) is 2.64. The first-order valence-electron chi connectivity index (χ1n) is 5.76. The largest absolute Gasteiger partial charge is 0.488 e. The SMILES string of the molecule is NC(=O)c1cc(C=O)ccc1OCc1ccccc1. The summed E-state index contributed by atoms with van der Waals surface area (Å²) in [6.07, 6.45) is 0.660. The van der Waals surface area contributed by atoms with Crippen LogP contribution >= 0.6 is 0 Å². The summed E-state index contributed by atoms with van der Waals surface area (Å²) in [5, 5.41) is 0. The summed E-state index contributed by atoms with van der Waals surface area (Å²) in [4.78, 5) is 22.0. The first kappa shape index (κ1) is 12.8. The highest BCUT2D eigenvalue weighted by Crippen LogP contribution is 2.20. The van der Waals surface area contributed by atoms with E-state index >= 15 is 0 Å². The second-order valence-corrected chi connectivity index (χ2v) is 4.01. The lowest BCUT2D eigenvalue weighted by molar-refractivity contribution is 0.0996. The summed E-state index contributed by atoms with van der Waals surface area (Å²) >= 11 is 0. The van der Waals surface area contributed by atoms with Gasteiger partial charge in [0.05, 0.1) is 5.56 Å². The molecule has 19 heavy (non-hydrogen) atoms. The zero-order valence-electron chi connectivity index (χ0n) is 10.2. The average molecular weight is 255 g/mol. The lowest BCUT2D eigenvalue weighted by Gasteiger charge is -2.10. The summed E-state index contributed by atoms with van der Waals surface area (Å²) in [6.45, 7) is 0.335. The molecule has 0 spiro atoms. The minimum atomic E-state index is -0.619. The summed E-state index contributed by atoms with van der Waals surface area (Å²) < 4.78 is 5.57. The lowest BCUT2D eigenvalue weighted by atomic mass is 10.1. The fourth-order valence-corrected chi connectivity index (χ4v) is 1.67. The zero-order chi connectivity index (χ0) is 13.7. The number of hydrogen-bond acceptors (Lipinski definition) is 3. The van der Waals surface area contributed by atoms with Crippen molar-refractivity contribution >= 4 is 12.2 Å². The van der Waals surface area contributed by atoms with Gasteiger partial charge in [0.1, 0.15) is 18.6 Å². The van der Waals surface area contributed by atoms with Gasteiger partial charge in [0.2, 0.25) is 0 Å². The van der Waals surface area contributed by atoms with Crippen molar-refractivity contribution in [3.05, 3.63) is 65.2 Å². The number of primary amides is 1. The van der Waals surface area contributed by atoms with Gasteiger partial charge in [-0.1, -0.05) is 30.3 Å². The molecule has 96 valence electrons. The van der Waals surface area contributed by atoms with Crippen molar-refractivity contribution in [2.24, 2.45) is 5.73 Å². The van der Waals surface area contributed by atoms with Gasteiger partial charge in [-0.25, -0.2) is 0 Å². The Labute approximate surface area is 110 Å². The minimum Gasteiger partial charge on any atom is -0.488 e. The number of nitrogens with two attached hydrogens (primary N) is 1. The molecule has 2 aromatic carbocycles. The molecule has 0 unspecified atom stereocenters. The third kappa shape index (κ3) is 3.19. The minimum absolute atomic E-state index is 0.209. The van der Waals surface area contributed by atoms with Crippen LogP contribution in [0.2, 0.25) is 0 Å². The van der Waals surface area contributed by atoms with E-state index in [-0.39, 0.29) is 5.56 Å². The van der Waals surface area contributed by atoms with Crippen molar-refractivity contribution in [2.75, 3.05) is 0 Å². The molecule has 0 heterocycles. The summed E-state index contributed by atoms with van der Waals surface area (Å²) in [5.41, 5.74) is 6.85. The Morgan fingerprint density at radius 2 is 1.89 bits per heavy atom. The van der Waals surface area contributed by atoms with E-state index in [1.54, 1.807) is 12.1 Å². The number of aldehydes is 1. The second kappa shape index (κ2) is 5.82. The molecule has 4 heteroatoms. The number of ether oxygens (including phenoxy) is 1. The van der Waals surface area contributed by atoms with E-state index in [0.29, 0.717) is 24.2 Å². The highest BCUT2D eigenvalue weighted by Gasteiger charge is 2.10. The van der Waals surface area contributed by atoms with Gasteiger partial charge in [-0.2, -0.15) is 0 Å². The molecule has 2 N–H and O–H groups in total. The quantitative estimate of drug-likeness (QED) is 0.832. The van der Waals surface area contributed by atoms with Crippen LogP contribution in [0.1, 0.15) is 26.3 Å². The van der Waals surface area contributed by atoms with Gasteiger partial charge in [0, 0.05) is 5.56 Å². The molecule has 0 aliphatic heterocycles. The van der Waals surface area contributed by atoms with Crippen LogP contribution in [0.4, 0.5) is 0 Å². The third-order valence-electron chi connectivity index (χ3n) is 2.64. The molecule has 0 radical (unpaired) electrons. The second-order valence-electron chi connectivity index (χ2n) is 4.01. The number of amides is 1. The van der Waals surface area contributed by atoms with E-state index in [1.165, 1.54) is 6.07 Å². The van der Waals surface area contributed by atoms with Crippen LogP contribution in [0.3, 0.4) is 0 Å². The van der Waals surface area contributed by atoms with Gasteiger partial charge >= 0.3 is 0 Å². The first-order chi connectivity index (χ1) is 9.20. The number of carbonyl (C=O) groups is 2. The van der Waals surface area contributed by atoms with Crippen LogP contribution in [0.25, 0.3) is 0 Å². The normalized spacial score (nSPS) is 9.89. The predicted molar refractivity (Wildman–Crippen MR) is 71.1 cm³/mol. The molecule has 0 aliphatic rings. The standard InChI is InChI=1S/C15H13NO3/c16-15(18)13-8-12(9-17)6-7-14(13)19-10-11-4-2-1-3-5-11/h1-9H,10H2,(H2,16,18). The Kier molecular flexibility index (Phi) is 3.93. The van der Waals surface area contributed by atoms with E-state index in [9.17, 15) is 9.59 Å². The fraction of sp³-hybridized carbons (Fsp3) is 0.0667. The number of carbonyl (C=O) groups excluding carboxylic acids is 2. The maximum absolute atomic E-state index is 11.3.